The average molecular weight is 280 g/mol. The van der Waals surface area contributed by atoms with Crippen LogP contribution < -0.4 is 4.90 Å². The Morgan fingerprint density at radius 3 is 3.21 bits per heavy atom. The van der Waals surface area contributed by atoms with E-state index in [-0.39, 0.29) is 6.10 Å². The number of aromatic nitrogens is 1. The van der Waals surface area contributed by atoms with Gasteiger partial charge in [0.25, 0.3) is 0 Å². The molecule has 1 aliphatic rings. The summed E-state index contributed by atoms with van der Waals surface area (Å²) in [7, 11) is 0. The Morgan fingerprint density at radius 2 is 2.47 bits per heavy atom. The lowest BCUT2D eigenvalue weighted by molar-refractivity contribution is 0.0439. The van der Waals surface area contributed by atoms with Crippen molar-refractivity contribution in [1.82, 2.24) is 4.98 Å². The third-order valence-corrected chi connectivity index (χ3v) is 3.60. The summed E-state index contributed by atoms with van der Waals surface area (Å²) in [5, 5.41) is 9.45. The molecule has 1 atom stereocenters. The van der Waals surface area contributed by atoms with Crippen LogP contribution in [0.5, 0.6) is 0 Å². The molecule has 102 valence electrons. The van der Waals surface area contributed by atoms with Crippen molar-refractivity contribution in [2.24, 2.45) is 0 Å². The topological polar surface area (TPSA) is 49.1 Å². The molecular weight excluding hydrogens is 262 g/mol. The maximum atomic E-state index is 9.00. The van der Waals surface area contributed by atoms with E-state index in [0.717, 1.165) is 39.0 Å². The van der Waals surface area contributed by atoms with Crippen molar-refractivity contribution in [1.29, 1.82) is 5.26 Å². The Bertz CT molecular complexity index is 472. The molecule has 1 unspecified atom stereocenters. The van der Waals surface area contributed by atoms with Crippen LogP contribution in [0.25, 0.3) is 0 Å². The second-order valence-electron chi connectivity index (χ2n) is 4.69. The number of ether oxygens (including phenoxy) is 1. The van der Waals surface area contributed by atoms with Crippen molar-refractivity contribution in [3.05, 3.63) is 22.8 Å². The average Bonchev–Trinajstić information content (AvgIpc) is 2.45. The van der Waals surface area contributed by atoms with E-state index < -0.39 is 0 Å². The smallest absolute Gasteiger partial charge is 0.148 e. The molecule has 0 spiro atoms. The van der Waals surface area contributed by atoms with Gasteiger partial charge in [-0.1, -0.05) is 18.5 Å². The summed E-state index contributed by atoms with van der Waals surface area (Å²) in [4.78, 5) is 6.43. The molecule has 0 aliphatic carbocycles. The second kappa shape index (κ2) is 6.74. The molecule has 1 saturated heterocycles. The summed E-state index contributed by atoms with van der Waals surface area (Å²) in [6.07, 6.45) is 5.03. The van der Waals surface area contributed by atoms with Gasteiger partial charge in [-0.25, -0.2) is 4.98 Å². The number of anilines is 1. The van der Waals surface area contributed by atoms with Crippen LogP contribution in [0.1, 0.15) is 31.7 Å². The van der Waals surface area contributed by atoms with E-state index in [4.69, 9.17) is 21.6 Å². The predicted molar refractivity (Wildman–Crippen MR) is 75.4 cm³/mol. The van der Waals surface area contributed by atoms with E-state index in [0.29, 0.717) is 16.4 Å². The van der Waals surface area contributed by atoms with E-state index in [1.165, 1.54) is 0 Å². The Labute approximate surface area is 118 Å². The number of halogens is 1. The monoisotopic (exact) mass is 279 g/mol. The highest BCUT2D eigenvalue weighted by molar-refractivity contribution is 6.34. The molecule has 0 saturated carbocycles. The van der Waals surface area contributed by atoms with Gasteiger partial charge < -0.3 is 9.64 Å². The first kappa shape index (κ1) is 14.1. The summed E-state index contributed by atoms with van der Waals surface area (Å²) in [5.41, 5.74) is 0.475. The molecule has 4 nitrogen and oxygen atoms in total. The molecule has 0 amide bonds. The molecule has 2 heterocycles. The lowest BCUT2D eigenvalue weighted by atomic mass is 10.1. The van der Waals surface area contributed by atoms with Crippen LogP contribution >= 0.6 is 11.6 Å². The van der Waals surface area contributed by atoms with Gasteiger partial charge >= 0.3 is 0 Å². The number of hydrogen-bond acceptors (Lipinski definition) is 4. The molecule has 19 heavy (non-hydrogen) atoms. The fourth-order valence-corrected chi connectivity index (χ4v) is 2.56. The van der Waals surface area contributed by atoms with Gasteiger partial charge in [-0.2, -0.15) is 5.26 Å². The summed E-state index contributed by atoms with van der Waals surface area (Å²) in [6, 6.07) is 3.73. The zero-order chi connectivity index (χ0) is 13.7. The van der Waals surface area contributed by atoms with Crippen LogP contribution in [0.2, 0.25) is 5.02 Å². The minimum atomic E-state index is 0.234. The zero-order valence-electron chi connectivity index (χ0n) is 11.1. The van der Waals surface area contributed by atoms with E-state index in [2.05, 4.69) is 22.9 Å². The van der Waals surface area contributed by atoms with E-state index in [1.54, 1.807) is 12.3 Å². The third-order valence-electron chi connectivity index (χ3n) is 3.23. The number of hydrogen-bond donors (Lipinski definition) is 0. The summed E-state index contributed by atoms with van der Waals surface area (Å²) >= 11 is 6.23. The van der Waals surface area contributed by atoms with Gasteiger partial charge in [0, 0.05) is 25.9 Å². The first-order valence-corrected chi connectivity index (χ1v) is 7.05. The van der Waals surface area contributed by atoms with Crippen LogP contribution in [-0.2, 0) is 4.74 Å². The van der Waals surface area contributed by atoms with Crippen LogP contribution in [0, 0.1) is 11.3 Å². The lowest BCUT2D eigenvalue weighted by Crippen LogP contribution is -2.40. The van der Waals surface area contributed by atoms with E-state index in [9.17, 15) is 0 Å². The van der Waals surface area contributed by atoms with Crippen LogP contribution in [0.15, 0.2) is 12.3 Å². The maximum absolute atomic E-state index is 9.00. The van der Waals surface area contributed by atoms with Crippen molar-refractivity contribution in [3.63, 3.8) is 0 Å². The molecule has 0 aromatic carbocycles. The minimum Gasteiger partial charge on any atom is -0.376 e. The van der Waals surface area contributed by atoms with Crippen molar-refractivity contribution >= 4 is 17.4 Å². The first-order chi connectivity index (χ1) is 9.26. The van der Waals surface area contributed by atoms with Gasteiger partial charge in [0.05, 0.1) is 11.7 Å². The number of nitrogens with zero attached hydrogens (tertiary/aromatic N) is 3. The minimum absolute atomic E-state index is 0.234. The molecule has 2 rings (SSSR count). The Kier molecular flexibility index (Phi) is 5.00. The Balaban J connectivity index is 2.11. The highest BCUT2D eigenvalue weighted by Crippen LogP contribution is 2.29. The number of nitriles is 1. The number of rotatable bonds is 4. The molecule has 0 radical (unpaired) electrons. The number of pyridine rings is 1. The zero-order valence-corrected chi connectivity index (χ0v) is 11.9. The summed E-state index contributed by atoms with van der Waals surface area (Å²) in [6.45, 7) is 4.60. The van der Waals surface area contributed by atoms with Crippen LogP contribution in [0.3, 0.4) is 0 Å². The second-order valence-corrected chi connectivity index (χ2v) is 5.07. The molecule has 5 heteroatoms. The van der Waals surface area contributed by atoms with Gasteiger partial charge in [0.2, 0.25) is 0 Å². The molecule has 1 aromatic heterocycles. The summed E-state index contributed by atoms with van der Waals surface area (Å²) < 4.78 is 5.80. The largest absolute Gasteiger partial charge is 0.376 e. The SMILES string of the molecule is CCCOC1CCCN(c2nccc(C#N)c2Cl)C1. The Hall–Kier alpha value is -1.31. The standard InChI is InChI=1S/C14H18ClN3O/c1-2-8-19-12-4-3-7-18(10-12)14-13(15)11(9-16)5-6-17-14/h5-6,12H,2-4,7-8,10H2,1H3. The van der Waals surface area contributed by atoms with Gasteiger partial charge in [-0.15, -0.1) is 0 Å². The lowest BCUT2D eigenvalue weighted by Gasteiger charge is -2.33. The molecule has 0 bridgehead atoms. The van der Waals surface area contributed by atoms with Gasteiger partial charge in [-0.3, -0.25) is 0 Å². The fourth-order valence-electron chi connectivity index (χ4n) is 2.29. The molecule has 0 N–H and O–H groups in total. The fraction of sp³-hybridized carbons (Fsp3) is 0.571. The van der Waals surface area contributed by atoms with Crippen molar-refractivity contribution in [3.8, 4) is 6.07 Å². The van der Waals surface area contributed by atoms with E-state index in [1.807, 2.05) is 0 Å². The highest BCUT2D eigenvalue weighted by Gasteiger charge is 2.23. The van der Waals surface area contributed by atoms with Crippen molar-refractivity contribution in [2.45, 2.75) is 32.3 Å². The number of piperidine rings is 1. The van der Waals surface area contributed by atoms with Crippen LogP contribution in [0.4, 0.5) is 5.82 Å². The maximum Gasteiger partial charge on any atom is 0.148 e. The Morgan fingerprint density at radius 1 is 1.63 bits per heavy atom. The molecule has 1 aromatic rings. The normalized spacial score (nSPS) is 19.2. The van der Waals surface area contributed by atoms with Crippen LogP contribution in [-0.4, -0.2) is 30.8 Å². The van der Waals surface area contributed by atoms with E-state index >= 15 is 0 Å². The molecule has 1 aliphatic heterocycles. The van der Waals surface area contributed by atoms with Gasteiger partial charge in [-0.05, 0) is 25.3 Å². The quantitative estimate of drug-likeness (QED) is 0.850. The first-order valence-electron chi connectivity index (χ1n) is 6.67. The predicted octanol–water partition coefficient (Wildman–Crippen LogP) is 3.00. The molecule has 1 fully saturated rings. The van der Waals surface area contributed by atoms with Crippen molar-refractivity contribution in [2.75, 3.05) is 24.6 Å². The van der Waals surface area contributed by atoms with Gasteiger partial charge in [0.15, 0.2) is 0 Å². The molecular formula is C14H18ClN3O. The third kappa shape index (κ3) is 3.37. The highest BCUT2D eigenvalue weighted by atomic mass is 35.5. The summed E-state index contributed by atoms with van der Waals surface area (Å²) in [5.74, 6) is 0.700. The van der Waals surface area contributed by atoms with Crippen molar-refractivity contribution < 1.29 is 4.74 Å². The van der Waals surface area contributed by atoms with Gasteiger partial charge in [0.1, 0.15) is 16.9 Å².